The molecule has 1 saturated heterocycles. The summed E-state index contributed by atoms with van der Waals surface area (Å²) < 4.78 is 10.1. The Balaban J connectivity index is 2.57. The molecular formula is C16H28N2O5. The Kier molecular flexibility index (Phi) is 6.84. The largest absolute Gasteiger partial charge is 0.469 e. The number of rotatable bonds is 6. The summed E-state index contributed by atoms with van der Waals surface area (Å²) in [6.45, 7) is 9.14. The van der Waals surface area contributed by atoms with Gasteiger partial charge in [0, 0.05) is 32.6 Å². The van der Waals surface area contributed by atoms with E-state index in [1.165, 1.54) is 7.11 Å². The number of nitrogens with zero attached hydrogens (tertiary/aromatic N) is 2. The van der Waals surface area contributed by atoms with Crippen LogP contribution in [-0.4, -0.2) is 66.7 Å². The lowest BCUT2D eigenvalue weighted by Gasteiger charge is -2.28. The zero-order valence-corrected chi connectivity index (χ0v) is 14.8. The third kappa shape index (κ3) is 6.08. The second kappa shape index (κ2) is 8.17. The third-order valence-electron chi connectivity index (χ3n) is 3.53. The zero-order valence-electron chi connectivity index (χ0n) is 14.8. The number of ether oxygens (including phenoxy) is 2. The molecule has 23 heavy (non-hydrogen) atoms. The van der Waals surface area contributed by atoms with Gasteiger partial charge < -0.3 is 19.3 Å². The topological polar surface area (TPSA) is 76.2 Å². The molecule has 0 N–H and O–H groups in total. The molecule has 0 aromatic heterocycles. The van der Waals surface area contributed by atoms with Crippen molar-refractivity contribution in [3.63, 3.8) is 0 Å². The SMILES string of the molecule is CCCN(CCN1CC(C(=O)OC)CC1=O)C(=O)OC(C)(C)C. The van der Waals surface area contributed by atoms with Crippen LogP contribution in [0.3, 0.4) is 0 Å². The van der Waals surface area contributed by atoms with Crippen LogP contribution < -0.4 is 0 Å². The first-order valence-corrected chi connectivity index (χ1v) is 8.01. The fourth-order valence-corrected chi connectivity index (χ4v) is 2.45. The maximum Gasteiger partial charge on any atom is 0.410 e. The van der Waals surface area contributed by atoms with Gasteiger partial charge in [-0.25, -0.2) is 4.79 Å². The molecule has 0 aliphatic carbocycles. The van der Waals surface area contributed by atoms with Crippen molar-refractivity contribution >= 4 is 18.0 Å². The van der Waals surface area contributed by atoms with Crippen molar-refractivity contribution in [2.24, 2.45) is 5.92 Å². The van der Waals surface area contributed by atoms with Crippen molar-refractivity contribution in [2.45, 2.75) is 46.1 Å². The number of carbonyl (C=O) groups excluding carboxylic acids is 3. The molecule has 1 unspecified atom stereocenters. The predicted octanol–water partition coefficient (Wildman–Crippen LogP) is 1.66. The highest BCUT2D eigenvalue weighted by Crippen LogP contribution is 2.19. The summed E-state index contributed by atoms with van der Waals surface area (Å²) in [4.78, 5) is 38.9. The van der Waals surface area contributed by atoms with Crippen LogP contribution in [0.5, 0.6) is 0 Å². The van der Waals surface area contributed by atoms with Gasteiger partial charge in [0.15, 0.2) is 0 Å². The molecule has 0 bridgehead atoms. The molecule has 1 atom stereocenters. The first-order valence-electron chi connectivity index (χ1n) is 8.01. The summed E-state index contributed by atoms with van der Waals surface area (Å²) in [5.74, 6) is -0.854. The zero-order chi connectivity index (χ0) is 17.6. The van der Waals surface area contributed by atoms with Gasteiger partial charge in [-0.1, -0.05) is 6.92 Å². The van der Waals surface area contributed by atoms with Crippen LogP contribution in [0.2, 0.25) is 0 Å². The van der Waals surface area contributed by atoms with Crippen molar-refractivity contribution in [1.29, 1.82) is 0 Å². The van der Waals surface area contributed by atoms with E-state index in [-0.39, 0.29) is 24.4 Å². The standard InChI is InChI=1S/C16H28N2O5/c1-6-7-17(15(21)23-16(2,3)4)8-9-18-11-12(10-13(18)19)14(20)22-5/h12H,6-11H2,1-5H3. The Hall–Kier alpha value is -1.79. The summed E-state index contributed by atoms with van der Waals surface area (Å²) >= 11 is 0. The highest BCUT2D eigenvalue weighted by molar-refractivity contribution is 5.86. The lowest BCUT2D eigenvalue weighted by molar-refractivity contribution is -0.145. The Morgan fingerprint density at radius 3 is 2.48 bits per heavy atom. The molecule has 7 heteroatoms. The first-order chi connectivity index (χ1) is 10.7. The second-order valence-corrected chi connectivity index (χ2v) is 6.73. The minimum Gasteiger partial charge on any atom is -0.469 e. The van der Waals surface area contributed by atoms with E-state index in [0.717, 1.165) is 6.42 Å². The lowest BCUT2D eigenvalue weighted by Crippen LogP contribution is -2.42. The van der Waals surface area contributed by atoms with Crippen molar-refractivity contribution in [3.05, 3.63) is 0 Å². The van der Waals surface area contributed by atoms with Crippen LogP contribution in [-0.2, 0) is 19.1 Å². The van der Waals surface area contributed by atoms with Gasteiger partial charge >= 0.3 is 12.1 Å². The molecule has 1 aliphatic heterocycles. The molecule has 0 spiro atoms. The van der Waals surface area contributed by atoms with Crippen LogP contribution in [0.4, 0.5) is 4.79 Å². The molecule has 1 heterocycles. The number of esters is 1. The van der Waals surface area contributed by atoms with Crippen LogP contribution in [0, 0.1) is 5.92 Å². The summed E-state index contributed by atoms with van der Waals surface area (Å²) in [6, 6.07) is 0. The first kappa shape index (κ1) is 19.3. The molecule has 0 aromatic carbocycles. The fraction of sp³-hybridized carbons (Fsp3) is 0.812. The molecule has 1 fully saturated rings. The van der Waals surface area contributed by atoms with E-state index < -0.39 is 11.5 Å². The molecule has 0 saturated carbocycles. The van der Waals surface area contributed by atoms with Crippen molar-refractivity contribution in [2.75, 3.05) is 33.3 Å². The predicted molar refractivity (Wildman–Crippen MR) is 84.8 cm³/mol. The van der Waals surface area contributed by atoms with Crippen molar-refractivity contribution in [3.8, 4) is 0 Å². The van der Waals surface area contributed by atoms with Gasteiger partial charge in [-0.15, -0.1) is 0 Å². The summed E-state index contributed by atoms with van der Waals surface area (Å²) in [7, 11) is 1.32. The average Bonchev–Trinajstić information content (AvgIpc) is 2.82. The normalized spacial score (nSPS) is 18.0. The van der Waals surface area contributed by atoms with Crippen molar-refractivity contribution in [1.82, 2.24) is 9.80 Å². The van der Waals surface area contributed by atoms with Gasteiger partial charge in [-0.05, 0) is 27.2 Å². The highest BCUT2D eigenvalue weighted by Gasteiger charge is 2.35. The van der Waals surface area contributed by atoms with Gasteiger partial charge in [0.2, 0.25) is 5.91 Å². The monoisotopic (exact) mass is 328 g/mol. The van der Waals surface area contributed by atoms with Crippen LogP contribution >= 0.6 is 0 Å². The number of methoxy groups -OCH3 is 1. The molecule has 1 rings (SSSR count). The minimum absolute atomic E-state index is 0.0824. The van der Waals surface area contributed by atoms with E-state index in [9.17, 15) is 14.4 Å². The lowest BCUT2D eigenvalue weighted by atomic mass is 10.1. The average molecular weight is 328 g/mol. The smallest absolute Gasteiger partial charge is 0.410 e. The number of hydrogen-bond acceptors (Lipinski definition) is 5. The molecule has 2 amide bonds. The Labute approximate surface area is 137 Å². The summed E-state index contributed by atoms with van der Waals surface area (Å²) in [5, 5.41) is 0. The van der Waals surface area contributed by atoms with Gasteiger partial charge in [0.25, 0.3) is 0 Å². The van der Waals surface area contributed by atoms with E-state index in [2.05, 4.69) is 4.74 Å². The summed E-state index contributed by atoms with van der Waals surface area (Å²) in [5.41, 5.74) is -0.553. The van der Waals surface area contributed by atoms with Crippen LogP contribution in [0.25, 0.3) is 0 Å². The molecule has 0 radical (unpaired) electrons. The molecular weight excluding hydrogens is 300 g/mol. The minimum atomic E-state index is -0.553. The van der Waals surface area contributed by atoms with E-state index in [4.69, 9.17) is 4.74 Å². The second-order valence-electron chi connectivity index (χ2n) is 6.73. The Morgan fingerprint density at radius 2 is 1.96 bits per heavy atom. The van der Waals surface area contributed by atoms with Crippen molar-refractivity contribution < 1.29 is 23.9 Å². The number of carbonyl (C=O) groups is 3. The molecule has 132 valence electrons. The number of amides is 2. The number of hydrogen-bond donors (Lipinski definition) is 0. The quantitative estimate of drug-likeness (QED) is 0.693. The van der Waals surface area contributed by atoms with Gasteiger partial charge in [0.05, 0.1) is 13.0 Å². The highest BCUT2D eigenvalue weighted by atomic mass is 16.6. The molecule has 7 nitrogen and oxygen atoms in total. The maximum atomic E-state index is 12.2. The van der Waals surface area contributed by atoms with Crippen LogP contribution in [0.1, 0.15) is 40.5 Å². The number of likely N-dealkylation sites (tertiary alicyclic amines) is 1. The van der Waals surface area contributed by atoms with Crippen LogP contribution in [0.15, 0.2) is 0 Å². The molecule has 1 aliphatic rings. The van der Waals surface area contributed by atoms with E-state index in [0.29, 0.717) is 26.2 Å². The van der Waals surface area contributed by atoms with Gasteiger partial charge in [0.1, 0.15) is 5.60 Å². The summed E-state index contributed by atoms with van der Waals surface area (Å²) in [6.07, 6.45) is 0.598. The van der Waals surface area contributed by atoms with Gasteiger partial charge in [-0.3, -0.25) is 9.59 Å². The Bertz CT molecular complexity index is 444. The fourth-order valence-electron chi connectivity index (χ4n) is 2.45. The van der Waals surface area contributed by atoms with E-state index in [1.807, 2.05) is 27.7 Å². The maximum absolute atomic E-state index is 12.2. The van der Waals surface area contributed by atoms with E-state index >= 15 is 0 Å². The van der Waals surface area contributed by atoms with E-state index in [1.54, 1.807) is 9.80 Å². The van der Waals surface area contributed by atoms with Gasteiger partial charge in [-0.2, -0.15) is 0 Å². The Morgan fingerprint density at radius 1 is 1.30 bits per heavy atom. The third-order valence-corrected chi connectivity index (χ3v) is 3.53. The molecule has 0 aromatic rings.